The molecule has 0 bridgehead atoms. The number of aryl methyl sites for hydroxylation is 1. The Morgan fingerprint density at radius 2 is 2.00 bits per heavy atom. The quantitative estimate of drug-likeness (QED) is 0.678. The molecule has 26 heavy (non-hydrogen) atoms. The number of thioether (sulfide) groups is 1. The van der Waals surface area contributed by atoms with Gasteiger partial charge in [0.1, 0.15) is 11.6 Å². The maximum atomic E-state index is 12.7. The molecule has 0 saturated heterocycles. The Morgan fingerprint density at radius 1 is 1.15 bits per heavy atom. The van der Waals surface area contributed by atoms with E-state index in [2.05, 4.69) is 15.3 Å². The normalized spacial score (nSPS) is 10.4. The van der Waals surface area contributed by atoms with Crippen LogP contribution in [0.15, 0.2) is 59.6 Å². The van der Waals surface area contributed by atoms with Gasteiger partial charge in [0.2, 0.25) is 0 Å². The fourth-order valence-corrected chi connectivity index (χ4v) is 2.99. The Labute approximate surface area is 156 Å². The summed E-state index contributed by atoms with van der Waals surface area (Å²) in [6, 6.07) is 15.0. The number of hydrogen-bond acceptors (Lipinski definition) is 5. The minimum Gasteiger partial charge on any atom is -0.496 e. The van der Waals surface area contributed by atoms with E-state index in [4.69, 9.17) is 4.74 Å². The van der Waals surface area contributed by atoms with Crippen LogP contribution in [0.2, 0.25) is 0 Å². The number of amides is 1. The Balaban J connectivity index is 1.85. The Kier molecular flexibility index (Phi) is 5.53. The molecule has 2 aromatic carbocycles. The van der Waals surface area contributed by atoms with Crippen molar-refractivity contribution < 1.29 is 9.53 Å². The zero-order chi connectivity index (χ0) is 18.5. The van der Waals surface area contributed by atoms with E-state index in [0.29, 0.717) is 22.8 Å². The highest BCUT2D eigenvalue weighted by atomic mass is 32.2. The summed E-state index contributed by atoms with van der Waals surface area (Å²) in [5.41, 5.74) is 2.92. The fraction of sp³-hybridized carbons (Fsp3) is 0.150. The number of rotatable bonds is 5. The van der Waals surface area contributed by atoms with Crippen LogP contribution in [-0.2, 0) is 0 Å². The van der Waals surface area contributed by atoms with E-state index in [9.17, 15) is 4.79 Å². The number of nitrogens with zero attached hydrogens (tertiary/aromatic N) is 2. The molecule has 0 radical (unpaired) electrons. The van der Waals surface area contributed by atoms with Gasteiger partial charge in [-0.3, -0.25) is 4.79 Å². The smallest absolute Gasteiger partial charge is 0.259 e. The molecule has 1 aromatic heterocycles. The van der Waals surface area contributed by atoms with E-state index < -0.39 is 0 Å². The first-order chi connectivity index (χ1) is 12.6. The van der Waals surface area contributed by atoms with Crippen LogP contribution in [0.3, 0.4) is 0 Å². The average Bonchev–Trinajstić information content (AvgIpc) is 2.67. The van der Waals surface area contributed by atoms with Crippen molar-refractivity contribution in [2.24, 2.45) is 0 Å². The van der Waals surface area contributed by atoms with Gasteiger partial charge in [-0.2, -0.15) is 0 Å². The van der Waals surface area contributed by atoms with Gasteiger partial charge in [-0.25, -0.2) is 9.97 Å². The lowest BCUT2D eigenvalue weighted by atomic mass is 10.1. The van der Waals surface area contributed by atoms with Gasteiger partial charge in [0.15, 0.2) is 0 Å². The molecular weight excluding hydrogens is 346 g/mol. The van der Waals surface area contributed by atoms with Crippen LogP contribution in [0.5, 0.6) is 5.75 Å². The summed E-state index contributed by atoms with van der Waals surface area (Å²) in [7, 11) is 1.56. The molecule has 5 nitrogen and oxygen atoms in total. The topological polar surface area (TPSA) is 64.1 Å². The van der Waals surface area contributed by atoms with Crippen molar-refractivity contribution in [2.75, 3.05) is 18.7 Å². The van der Waals surface area contributed by atoms with Crippen molar-refractivity contribution in [3.05, 3.63) is 66.1 Å². The monoisotopic (exact) mass is 365 g/mol. The van der Waals surface area contributed by atoms with E-state index in [1.807, 2.05) is 55.6 Å². The molecular formula is C20H19N3O2S. The van der Waals surface area contributed by atoms with Crippen molar-refractivity contribution in [1.82, 2.24) is 9.97 Å². The maximum Gasteiger partial charge on any atom is 0.259 e. The van der Waals surface area contributed by atoms with Gasteiger partial charge in [0.25, 0.3) is 5.91 Å². The third-order valence-electron chi connectivity index (χ3n) is 3.85. The second-order valence-corrected chi connectivity index (χ2v) is 6.47. The number of aromatic nitrogens is 2. The van der Waals surface area contributed by atoms with Crippen LogP contribution in [-0.4, -0.2) is 29.2 Å². The predicted octanol–water partition coefficient (Wildman–Crippen LogP) is 4.43. The van der Waals surface area contributed by atoms with Gasteiger partial charge < -0.3 is 10.1 Å². The fourth-order valence-electron chi connectivity index (χ4n) is 2.56. The number of hydrogen-bond donors (Lipinski definition) is 1. The van der Waals surface area contributed by atoms with Crippen LogP contribution in [0, 0.1) is 6.92 Å². The SMILES string of the molecule is COc1cc(SC)ccc1C(=O)Nc1cccc(-c2ccnc(C)n2)c1. The zero-order valence-electron chi connectivity index (χ0n) is 14.8. The van der Waals surface area contributed by atoms with Crippen molar-refractivity contribution in [3.8, 4) is 17.0 Å². The van der Waals surface area contributed by atoms with Crippen molar-refractivity contribution in [2.45, 2.75) is 11.8 Å². The summed E-state index contributed by atoms with van der Waals surface area (Å²) in [6.45, 7) is 1.85. The molecule has 0 unspecified atom stereocenters. The molecule has 0 fully saturated rings. The first-order valence-corrected chi connectivity index (χ1v) is 9.26. The Morgan fingerprint density at radius 3 is 2.73 bits per heavy atom. The molecule has 132 valence electrons. The second kappa shape index (κ2) is 8.01. The van der Waals surface area contributed by atoms with Gasteiger partial charge in [-0.05, 0) is 49.6 Å². The summed E-state index contributed by atoms with van der Waals surface area (Å²) < 4.78 is 5.36. The highest BCUT2D eigenvalue weighted by molar-refractivity contribution is 7.98. The molecule has 1 N–H and O–H groups in total. The Bertz CT molecular complexity index is 944. The lowest BCUT2D eigenvalue weighted by Gasteiger charge is -2.11. The van der Waals surface area contributed by atoms with E-state index >= 15 is 0 Å². The van der Waals surface area contributed by atoms with E-state index in [-0.39, 0.29) is 5.91 Å². The molecule has 0 atom stereocenters. The lowest BCUT2D eigenvalue weighted by Crippen LogP contribution is -2.13. The van der Waals surface area contributed by atoms with Gasteiger partial charge >= 0.3 is 0 Å². The summed E-state index contributed by atoms with van der Waals surface area (Å²) in [6.07, 6.45) is 3.70. The summed E-state index contributed by atoms with van der Waals surface area (Å²) >= 11 is 1.60. The van der Waals surface area contributed by atoms with Gasteiger partial charge in [-0.15, -0.1) is 11.8 Å². The largest absolute Gasteiger partial charge is 0.496 e. The molecule has 3 aromatic rings. The third kappa shape index (κ3) is 4.03. The van der Waals surface area contributed by atoms with Crippen molar-refractivity contribution >= 4 is 23.4 Å². The van der Waals surface area contributed by atoms with Crippen LogP contribution in [0.25, 0.3) is 11.3 Å². The number of carbonyl (C=O) groups excluding carboxylic acids is 1. The minimum atomic E-state index is -0.217. The van der Waals surface area contributed by atoms with Crippen molar-refractivity contribution in [3.63, 3.8) is 0 Å². The van der Waals surface area contributed by atoms with Crippen LogP contribution >= 0.6 is 11.8 Å². The van der Waals surface area contributed by atoms with Gasteiger partial charge in [-0.1, -0.05) is 12.1 Å². The molecule has 0 spiro atoms. The Hall–Kier alpha value is -2.86. The van der Waals surface area contributed by atoms with Crippen LogP contribution < -0.4 is 10.1 Å². The molecule has 0 aliphatic carbocycles. The number of ether oxygens (including phenoxy) is 1. The molecule has 0 aliphatic rings. The molecule has 0 aliphatic heterocycles. The van der Waals surface area contributed by atoms with Crippen LogP contribution in [0.1, 0.15) is 16.2 Å². The number of anilines is 1. The summed E-state index contributed by atoms with van der Waals surface area (Å²) in [5.74, 6) is 1.04. The molecule has 3 rings (SSSR count). The van der Waals surface area contributed by atoms with Crippen LogP contribution in [0.4, 0.5) is 5.69 Å². The summed E-state index contributed by atoms with van der Waals surface area (Å²) in [5, 5.41) is 2.93. The van der Waals surface area contributed by atoms with E-state index in [1.54, 1.807) is 31.1 Å². The van der Waals surface area contributed by atoms with E-state index in [0.717, 1.165) is 16.2 Å². The molecule has 1 amide bonds. The molecule has 6 heteroatoms. The van der Waals surface area contributed by atoms with Crippen molar-refractivity contribution in [1.29, 1.82) is 0 Å². The highest BCUT2D eigenvalue weighted by Gasteiger charge is 2.13. The van der Waals surface area contributed by atoms with Gasteiger partial charge in [0.05, 0.1) is 18.4 Å². The van der Waals surface area contributed by atoms with Gasteiger partial charge in [0, 0.05) is 22.3 Å². The summed E-state index contributed by atoms with van der Waals surface area (Å²) in [4.78, 5) is 22.2. The lowest BCUT2D eigenvalue weighted by molar-refractivity contribution is 0.102. The molecule has 0 saturated carbocycles. The maximum absolute atomic E-state index is 12.7. The standard InChI is InChI=1S/C20H19N3O2S/c1-13-21-10-9-18(22-13)14-5-4-6-15(11-14)23-20(24)17-8-7-16(26-3)12-19(17)25-2/h4-12H,1-3H3,(H,23,24). The predicted molar refractivity (Wildman–Crippen MR) is 105 cm³/mol. The van der Waals surface area contributed by atoms with E-state index in [1.165, 1.54) is 0 Å². The first kappa shape index (κ1) is 17.9. The first-order valence-electron chi connectivity index (χ1n) is 8.04. The third-order valence-corrected chi connectivity index (χ3v) is 4.57. The number of methoxy groups -OCH3 is 1. The average molecular weight is 365 g/mol. The highest BCUT2D eigenvalue weighted by Crippen LogP contribution is 2.27. The minimum absolute atomic E-state index is 0.217. The number of nitrogens with one attached hydrogen (secondary N) is 1. The number of benzene rings is 2. The zero-order valence-corrected chi connectivity index (χ0v) is 15.6. The number of carbonyl (C=O) groups is 1. The second-order valence-electron chi connectivity index (χ2n) is 5.59. The molecule has 1 heterocycles.